The fraction of sp³-hybridized carbons (Fsp3) is 1.00. The van der Waals surface area contributed by atoms with Crippen molar-refractivity contribution in [3.05, 3.63) is 0 Å². The molecule has 0 aromatic rings. The van der Waals surface area contributed by atoms with Crippen molar-refractivity contribution in [3.63, 3.8) is 0 Å². The maximum atomic E-state index is 5.37. The average molecular weight is 291 g/mol. The molecule has 4 heteroatoms. The van der Waals surface area contributed by atoms with Crippen LogP contribution < -0.4 is 0 Å². The first-order valence-electron chi connectivity index (χ1n) is 6.41. The molecule has 0 amide bonds. The quantitative estimate of drug-likeness (QED) is 0.729. The SMILES string of the molecule is CC1CCN(CCN2CCOCC2)C1CBr. The summed E-state index contributed by atoms with van der Waals surface area (Å²) in [5.74, 6) is 0.851. The van der Waals surface area contributed by atoms with Crippen molar-refractivity contribution in [2.24, 2.45) is 5.92 Å². The zero-order valence-electron chi connectivity index (χ0n) is 10.2. The third-order valence-corrected chi connectivity index (χ3v) is 4.63. The average Bonchev–Trinajstić information content (AvgIpc) is 2.68. The lowest BCUT2D eigenvalue weighted by atomic mass is 10.1. The van der Waals surface area contributed by atoms with Gasteiger partial charge in [0.05, 0.1) is 13.2 Å². The second-order valence-electron chi connectivity index (χ2n) is 4.98. The fourth-order valence-electron chi connectivity index (χ4n) is 2.71. The van der Waals surface area contributed by atoms with Crippen LogP contribution in [0.3, 0.4) is 0 Å². The van der Waals surface area contributed by atoms with Gasteiger partial charge in [0.2, 0.25) is 0 Å². The second kappa shape index (κ2) is 6.34. The summed E-state index contributed by atoms with van der Waals surface area (Å²) in [7, 11) is 0. The smallest absolute Gasteiger partial charge is 0.0594 e. The number of nitrogens with zero attached hydrogens (tertiary/aromatic N) is 2. The molecule has 2 saturated heterocycles. The summed E-state index contributed by atoms with van der Waals surface area (Å²) >= 11 is 3.65. The maximum absolute atomic E-state index is 5.37. The molecule has 2 unspecified atom stereocenters. The van der Waals surface area contributed by atoms with Gasteiger partial charge in [-0.05, 0) is 18.9 Å². The summed E-state index contributed by atoms with van der Waals surface area (Å²) in [6.07, 6.45) is 1.36. The first kappa shape index (κ1) is 12.8. The van der Waals surface area contributed by atoms with Crippen molar-refractivity contribution < 1.29 is 4.74 Å². The molecule has 0 spiro atoms. The molecule has 2 aliphatic heterocycles. The van der Waals surface area contributed by atoms with E-state index in [0.29, 0.717) is 0 Å². The number of rotatable bonds is 4. The van der Waals surface area contributed by atoms with Gasteiger partial charge in [-0.2, -0.15) is 0 Å². The van der Waals surface area contributed by atoms with Crippen LogP contribution in [0.15, 0.2) is 0 Å². The van der Waals surface area contributed by atoms with Crippen LogP contribution in [0.4, 0.5) is 0 Å². The van der Waals surface area contributed by atoms with Gasteiger partial charge >= 0.3 is 0 Å². The normalized spacial score (nSPS) is 33.4. The van der Waals surface area contributed by atoms with Gasteiger partial charge in [-0.15, -0.1) is 0 Å². The van der Waals surface area contributed by atoms with Crippen LogP contribution >= 0.6 is 15.9 Å². The molecule has 3 nitrogen and oxygen atoms in total. The highest BCUT2D eigenvalue weighted by Gasteiger charge is 2.29. The van der Waals surface area contributed by atoms with Gasteiger partial charge in [-0.25, -0.2) is 0 Å². The minimum absolute atomic E-state index is 0.751. The maximum Gasteiger partial charge on any atom is 0.0594 e. The Kier molecular flexibility index (Phi) is 5.07. The molecule has 0 N–H and O–H groups in total. The lowest BCUT2D eigenvalue weighted by molar-refractivity contribution is 0.0328. The largest absolute Gasteiger partial charge is 0.379 e. The molecule has 0 saturated carbocycles. The predicted molar refractivity (Wildman–Crippen MR) is 70.2 cm³/mol. The molecule has 0 aromatic carbocycles. The number of alkyl halides is 1. The van der Waals surface area contributed by atoms with E-state index in [-0.39, 0.29) is 0 Å². The predicted octanol–water partition coefficient (Wildman–Crippen LogP) is 1.42. The fourth-order valence-corrected chi connectivity index (χ4v) is 3.76. The molecule has 0 radical (unpaired) electrons. The van der Waals surface area contributed by atoms with Crippen LogP contribution in [0.1, 0.15) is 13.3 Å². The van der Waals surface area contributed by atoms with Crippen LogP contribution in [-0.4, -0.2) is 67.1 Å². The van der Waals surface area contributed by atoms with Gasteiger partial charge in [0.15, 0.2) is 0 Å². The molecule has 2 fully saturated rings. The van der Waals surface area contributed by atoms with E-state index in [9.17, 15) is 0 Å². The van der Waals surface area contributed by atoms with E-state index in [1.54, 1.807) is 0 Å². The van der Waals surface area contributed by atoms with E-state index in [1.807, 2.05) is 0 Å². The number of halogens is 1. The van der Waals surface area contributed by atoms with E-state index < -0.39 is 0 Å². The Hall–Kier alpha value is 0.360. The minimum Gasteiger partial charge on any atom is -0.379 e. The van der Waals surface area contributed by atoms with E-state index in [2.05, 4.69) is 32.7 Å². The summed E-state index contributed by atoms with van der Waals surface area (Å²) in [6.45, 7) is 10.1. The van der Waals surface area contributed by atoms with E-state index >= 15 is 0 Å². The van der Waals surface area contributed by atoms with Gasteiger partial charge in [0.25, 0.3) is 0 Å². The topological polar surface area (TPSA) is 15.7 Å². The standard InChI is InChI=1S/C12H23BrN2O/c1-11-2-3-15(12(11)10-13)5-4-14-6-8-16-9-7-14/h11-12H,2-10H2,1H3. The summed E-state index contributed by atoms with van der Waals surface area (Å²) in [5, 5.41) is 1.12. The van der Waals surface area contributed by atoms with Crippen molar-refractivity contribution in [1.82, 2.24) is 9.80 Å². The monoisotopic (exact) mass is 290 g/mol. The molecular weight excluding hydrogens is 268 g/mol. The Balaban J connectivity index is 1.72. The first-order valence-corrected chi connectivity index (χ1v) is 7.53. The second-order valence-corrected chi connectivity index (χ2v) is 5.63. The highest BCUT2D eigenvalue weighted by Crippen LogP contribution is 2.24. The Labute approximate surface area is 107 Å². The molecule has 2 rings (SSSR count). The molecule has 2 heterocycles. The number of hydrogen-bond acceptors (Lipinski definition) is 3. The molecule has 16 heavy (non-hydrogen) atoms. The van der Waals surface area contributed by atoms with Gasteiger partial charge in [-0.3, -0.25) is 9.80 Å². The Morgan fingerprint density at radius 1 is 1.19 bits per heavy atom. The van der Waals surface area contributed by atoms with Gasteiger partial charge in [0.1, 0.15) is 0 Å². The zero-order valence-corrected chi connectivity index (χ0v) is 11.8. The van der Waals surface area contributed by atoms with Crippen LogP contribution in [0.2, 0.25) is 0 Å². The summed E-state index contributed by atoms with van der Waals surface area (Å²) in [4.78, 5) is 5.17. The van der Waals surface area contributed by atoms with E-state index in [4.69, 9.17) is 4.74 Å². The van der Waals surface area contributed by atoms with Crippen molar-refractivity contribution in [1.29, 1.82) is 0 Å². The zero-order chi connectivity index (χ0) is 11.4. The van der Waals surface area contributed by atoms with Gasteiger partial charge in [-0.1, -0.05) is 22.9 Å². The third-order valence-electron chi connectivity index (χ3n) is 3.96. The molecule has 2 aliphatic rings. The lowest BCUT2D eigenvalue weighted by Crippen LogP contribution is -2.43. The highest BCUT2D eigenvalue weighted by atomic mass is 79.9. The molecule has 0 aliphatic carbocycles. The van der Waals surface area contributed by atoms with Crippen molar-refractivity contribution >= 4 is 15.9 Å². The number of morpholine rings is 1. The number of ether oxygens (including phenoxy) is 1. The van der Waals surface area contributed by atoms with Crippen LogP contribution in [-0.2, 0) is 4.74 Å². The van der Waals surface area contributed by atoms with Gasteiger partial charge in [0, 0.05) is 37.6 Å². The van der Waals surface area contributed by atoms with Crippen LogP contribution in [0.5, 0.6) is 0 Å². The number of likely N-dealkylation sites (tertiary alicyclic amines) is 1. The minimum atomic E-state index is 0.751. The van der Waals surface area contributed by atoms with E-state index in [0.717, 1.165) is 43.6 Å². The first-order chi connectivity index (χ1) is 7.81. The van der Waals surface area contributed by atoms with E-state index in [1.165, 1.54) is 26.1 Å². The van der Waals surface area contributed by atoms with Gasteiger partial charge < -0.3 is 4.74 Å². The van der Waals surface area contributed by atoms with Crippen LogP contribution in [0, 0.1) is 5.92 Å². The molecule has 0 aromatic heterocycles. The summed E-state index contributed by atoms with van der Waals surface area (Å²) < 4.78 is 5.37. The molecular formula is C12H23BrN2O. The molecule has 2 atom stereocenters. The Morgan fingerprint density at radius 3 is 2.62 bits per heavy atom. The van der Waals surface area contributed by atoms with Crippen molar-refractivity contribution in [2.45, 2.75) is 19.4 Å². The number of hydrogen-bond donors (Lipinski definition) is 0. The Bertz CT molecular complexity index is 209. The van der Waals surface area contributed by atoms with Crippen molar-refractivity contribution in [2.75, 3.05) is 51.3 Å². The highest BCUT2D eigenvalue weighted by molar-refractivity contribution is 9.09. The third kappa shape index (κ3) is 3.19. The molecule has 94 valence electrons. The molecule has 0 bridgehead atoms. The lowest BCUT2D eigenvalue weighted by Gasteiger charge is -2.31. The summed E-state index contributed by atoms with van der Waals surface area (Å²) in [6, 6.07) is 0.751. The Morgan fingerprint density at radius 2 is 1.94 bits per heavy atom. The van der Waals surface area contributed by atoms with Crippen molar-refractivity contribution in [3.8, 4) is 0 Å². The summed E-state index contributed by atoms with van der Waals surface area (Å²) in [5.41, 5.74) is 0. The van der Waals surface area contributed by atoms with Crippen LogP contribution in [0.25, 0.3) is 0 Å².